The fourth-order valence-electron chi connectivity index (χ4n) is 2.21. The monoisotopic (exact) mass is 338 g/mol. The van der Waals surface area contributed by atoms with Crippen LogP contribution in [0.3, 0.4) is 0 Å². The van der Waals surface area contributed by atoms with Crippen molar-refractivity contribution >= 4 is 17.7 Å². The maximum atomic E-state index is 12.4. The van der Waals surface area contributed by atoms with Crippen molar-refractivity contribution in [3.05, 3.63) is 53.1 Å². The van der Waals surface area contributed by atoms with E-state index < -0.39 is 5.91 Å². The van der Waals surface area contributed by atoms with Crippen LogP contribution in [-0.2, 0) is 4.79 Å². The van der Waals surface area contributed by atoms with Gasteiger partial charge in [-0.05, 0) is 48.4 Å². The number of phenols is 1. The van der Waals surface area contributed by atoms with Crippen LogP contribution >= 0.6 is 0 Å². The molecule has 0 saturated heterocycles. The van der Waals surface area contributed by atoms with Gasteiger partial charge in [-0.25, -0.2) is 0 Å². The maximum absolute atomic E-state index is 12.4. The van der Waals surface area contributed by atoms with Gasteiger partial charge in [0.25, 0.3) is 5.91 Å². The van der Waals surface area contributed by atoms with E-state index in [1.807, 2.05) is 19.1 Å². The molecule has 0 spiro atoms. The molecule has 0 unspecified atom stereocenters. The number of anilines is 1. The SMILES string of the molecule is COc1cc(/C=C(\C#N)C(=O)Nc2cc(C)ccc2OC)ccc1O. The first-order chi connectivity index (χ1) is 12.0. The Morgan fingerprint density at radius 1 is 1.16 bits per heavy atom. The van der Waals surface area contributed by atoms with Crippen LogP contribution in [0.5, 0.6) is 17.2 Å². The van der Waals surface area contributed by atoms with Crippen molar-refractivity contribution in [2.24, 2.45) is 0 Å². The molecule has 0 aromatic heterocycles. The Bertz CT molecular complexity index is 866. The molecule has 2 N–H and O–H groups in total. The Kier molecular flexibility index (Phi) is 5.64. The summed E-state index contributed by atoms with van der Waals surface area (Å²) in [7, 11) is 2.93. The number of nitriles is 1. The molecule has 0 aliphatic rings. The lowest BCUT2D eigenvalue weighted by Gasteiger charge is -2.10. The van der Waals surface area contributed by atoms with Gasteiger partial charge in [-0.2, -0.15) is 5.26 Å². The summed E-state index contributed by atoms with van der Waals surface area (Å²) >= 11 is 0. The summed E-state index contributed by atoms with van der Waals surface area (Å²) in [6, 6.07) is 11.8. The summed E-state index contributed by atoms with van der Waals surface area (Å²) in [5.41, 5.74) is 1.90. The number of phenolic OH excluding ortho intramolecular Hbond substituents is 1. The summed E-state index contributed by atoms with van der Waals surface area (Å²) in [5, 5.41) is 21.6. The van der Waals surface area contributed by atoms with Gasteiger partial charge in [0.05, 0.1) is 19.9 Å². The molecule has 1 amide bonds. The van der Waals surface area contributed by atoms with Gasteiger partial charge in [0.15, 0.2) is 11.5 Å². The number of nitrogens with zero attached hydrogens (tertiary/aromatic N) is 1. The number of hydrogen-bond donors (Lipinski definition) is 2. The van der Waals surface area contributed by atoms with Crippen LogP contribution in [0.4, 0.5) is 5.69 Å². The van der Waals surface area contributed by atoms with Crippen molar-refractivity contribution in [2.75, 3.05) is 19.5 Å². The second-order valence-corrected chi connectivity index (χ2v) is 5.26. The largest absolute Gasteiger partial charge is 0.504 e. The fourth-order valence-corrected chi connectivity index (χ4v) is 2.21. The Morgan fingerprint density at radius 3 is 2.52 bits per heavy atom. The molecule has 0 aliphatic heterocycles. The van der Waals surface area contributed by atoms with Crippen LogP contribution in [0.25, 0.3) is 6.08 Å². The van der Waals surface area contributed by atoms with Crippen LogP contribution in [0, 0.1) is 18.3 Å². The summed E-state index contributed by atoms with van der Waals surface area (Å²) < 4.78 is 10.2. The normalized spacial score (nSPS) is 10.7. The molecule has 0 heterocycles. The highest BCUT2D eigenvalue weighted by atomic mass is 16.5. The minimum absolute atomic E-state index is 0.0212. The van der Waals surface area contributed by atoms with Crippen LogP contribution in [0.1, 0.15) is 11.1 Å². The molecule has 0 aliphatic carbocycles. The molecule has 0 bridgehead atoms. The Labute approximate surface area is 145 Å². The van der Waals surface area contributed by atoms with E-state index >= 15 is 0 Å². The molecule has 128 valence electrons. The van der Waals surface area contributed by atoms with Gasteiger partial charge >= 0.3 is 0 Å². The third kappa shape index (κ3) is 4.30. The van der Waals surface area contributed by atoms with Crippen LogP contribution < -0.4 is 14.8 Å². The van der Waals surface area contributed by atoms with Gasteiger partial charge in [-0.3, -0.25) is 4.79 Å². The number of amides is 1. The number of methoxy groups -OCH3 is 2. The zero-order valence-corrected chi connectivity index (χ0v) is 14.2. The number of carbonyl (C=O) groups is 1. The first kappa shape index (κ1) is 17.9. The number of nitrogens with one attached hydrogen (secondary N) is 1. The number of carbonyl (C=O) groups excluding carboxylic acids is 1. The van der Waals surface area contributed by atoms with Crippen molar-refractivity contribution in [3.8, 4) is 23.3 Å². The summed E-state index contributed by atoms with van der Waals surface area (Å²) in [6.45, 7) is 1.89. The average Bonchev–Trinajstić information content (AvgIpc) is 2.61. The fraction of sp³-hybridized carbons (Fsp3) is 0.158. The number of aromatic hydroxyl groups is 1. The Hall–Kier alpha value is -3.46. The van der Waals surface area contributed by atoms with E-state index in [0.29, 0.717) is 17.0 Å². The van der Waals surface area contributed by atoms with E-state index in [9.17, 15) is 15.2 Å². The predicted octanol–water partition coefficient (Wildman–Crippen LogP) is 3.26. The third-order valence-electron chi connectivity index (χ3n) is 3.48. The van der Waals surface area contributed by atoms with Crippen molar-refractivity contribution < 1.29 is 19.4 Å². The molecule has 0 atom stereocenters. The van der Waals surface area contributed by atoms with Gasteiger partial charge in [0.1, 0.15) is 17.4 Å². The average molecular weight is 338 g/mol. The van der Waals surface area contributed by atoms with E-state index in [1.54, 1.807) is 18.2 Å². The molecule has 2 rings (SSSR count). The van der Waals surface area contributed by atoms with Gasteiger partial charge in [0.2, 0.25) is 0 Å². The quantitative estimate of drug-likeness (QED) is 0.645. The highest BCUT2D eigenvalue weighted by Gasteiger charge is 2.13. The molecule has 0 fully saturated rings. The van der Waals surface area contributed by atoms with E-state index in [-0.39, 0.29) is 17.1 Å². The lowest BCUT2D eigenvalue weighted by molar-refractivity contribution is -0.112. The van der Waals surface area contributed by atoms with E-state index in [0.717, 1.165) is 5.56 Å². The Balaban J connectivity index is 2.30. The van der Waals surface area contributed by atoms with E-state index in [4.69, 9.17) is 9.47 Å². The number of ether oxygens (including phenoxy) is 2. The topological polar surface area (TPSA) is 91.6 Å². The van der Waals surface area contributed by atoms with Gasteiger partial charge in [-0.15, -0.1) is 0 Å². The summed E-state index contributed by atoms with van der Waals surface area (Å²) in [5.74, 6) is 0.180. The number of aryl methyl sites for hydroxylation is 1. The highest BCUT2D eigenvalue weighted by Crippen LogP contribution is 2.28. The molecule has 25 heavy (non-hydrogen) atoms. The molecule has 0 saturated carbocycles. The van der Waals surface area contributed by atoms with E-state index in [2.05, 4.69) is 5.32 Å². The number of hydrogen-bond acceptors (Lipinski definition) is 5. The zero-order chi connectivity index (χ0) is 18.4. The van der Waals surface area contributed by atoms with Gasteiger partial charge in [-0.1, -0.05) is 12.1 Å². The predicted molar refractivity (Wildman–Crippen MR) is 94.6 cm³/mol. The summed E-state index contributed by atoms with van der Waals surface area (Å²) in [6.07, 6.45) is 1.42. The van der Waals surface area contributed by atoms with E-state index in [1.165, 1.54) is 32.4 Å². The maximum Gasteiger partial charge on any atom is 0.266 e. The van der Waals surface area contributed by atoms with Gasteiger partial charge < -0.3 is 19.9 Å². The molecule has 2 aromatic rings. The first-order valence-corrected chi connectivity index (χ1v) is 7.43. The third-order valence-corrected chi connectivity index (χ3v) is 3.48. The van der Waals surface area contributed by atoms with Crippen molar-refractivity contribution in [1.29, 1.82) is 5.26 Å². The zero-order valence-electron chi connectivity index (χ0n) is 14.2. The van der Waals surface area contributed by atoms with Crippen LogP contribution in [0.15, 0.2) is 42.0 Å². The second kappa shape index (κ2) is 7.88. The highest BCUT2D eigenvalue weighted by molar-refractivity contribution is 6.10. The molecular formula is C19H18N2O4. The molecule has 0 radical (unpaired) electrons. The van der Waals surface area contributed by atoms with Crippen molar-refractivity contribution in [3.63, 3.8) is 0 Å². The number of benzene rings is 2. The molecule has 6 nitrogen and oxygen atoms in total. The number of rotatable bonds is 5. The second-order valence-electron chi connectivity index (χ2n) is 5.26. The van der Waals surface area contributed by atoms with Crippen molar-refractivity contribution in [2.45, 2.75) is 6.92 Å². The standard InChI is InChI=1S/C19H18N2O4/c1-12-4-7-17(24-2)15(8-12)21-19(23)14(11-20)9-13-5-6-16(22)18(10-13)25-3/h4-10,22H,1-3H3,(H,21,23)/b14-9+. The lowest BCUT2D eigenvalue weighted by atomic mass is 10.1. The molecular weight excluding hydrogens is 320 g/mol. The van der Waals surface area contributed by atoms with Crippen molar-refractivity contribution in [1.82, 2.24) is 0 Å². The van der Waals surface area contributed by atoms with Gasteiger partial charge in [0, 0.05) is 0 Å². The van der Waals surface area contributed by atoms with Crippen LogP contribution in [0.2, 0.25) is 0 Å². The minimum Gasteiger partial charge on any atom is -0.504 e. The smallest absolute Gasteiger partial charge is 0.266 e. The summed E-state index contributed by atoms with van der Waals surface area (Å²) in [4.78, 5) is 12.4. The first-order valence-electron chi connectivity index (χ1n) is 7.43. The molecule has 6 heteroatoms. The minimum atomic E-state index is -0.557. The van der Waals surface area contributed by atoms with Crippen LogP contribution in [-0.4, -0.2) is 25.2 Å². The Morgan fingerprint density at radius 2 is 1.88 bits per heavy atom. The molecule has 2 aromatic carbocycles. The lowest BCUT2D eigenvalue weighted by Crippen LogP contribution is -2.14.